The molecule has 6 heteroatoms. The average Bonchev–Trinajstić information content (AvgIpc) is 2.72. The first kappa shape index (κ1) is 24.9. The third kappa shape index (κ3) is 17.8. The van der Waals surface area contributed by atoms with E-state index in [-0.39, 0.29) is 13.2 Å². The van der Waals surface area contributed by atoms with Gasteiger partial charge in [-0.25, -0.2) is 0 Å². The van der Waals surface area contributed by atoms with Gasteiger partial charge in [0, 0.05) is 0 Å². The molecule has 0 aromatic heterocycles. The first-order valence-corrected chi connectivity index (χ1v) is 8.61. The Hall–Kier alpha value is -3.06. The number of hydrogen-bond acceptors (Lipinski definition) is 6. The van der Waals surface area contributed by atoms with Crippen molar-refractivity contribution in [3.63, 3.8) is 0 Å². The maximum Gasteiger partial charge on any atom is 0.115 e. The Morgan fingerprint density at radius 2 is 0.714 bits per heavy atom. The molecule has 0 spiro atoms. The van der Waals surface area contributed by atoms with E-state index in [1.54, 1.807) is 72.8 Å². The average molecular weight is 388 g/mol. The summed E-state index contributed by atoms with van der Waals surface area (Å²) in [6.45, 7) is 0.696. The summed E-state index contributed by atoms with van der Waals surface area (Å²) in [5.41, 5.74) is 0. The molecule has 152 valence electrons. The number of para-hydroxylation sites is 3. The van der Waals surface area contributed by atoms with Crippen molar-refractivity contribution < 1.29 is 30.3 Å². The summed E-state index contributed by atoms with van der Waals surface area (Å²) in [5, 5.41) is 42.1. The topological polar surface area (TPSA) is 110 Å². The van der Waals surface area contributed by atoms with Crippen LogP contribution in [0.4, 0.5) is 0 Å². The Morgan fingerprint density at radius 1 is 0.464 bits per heavy atom. The Kier molecular flexibility index (Phi) is 16.7. The highest BCUT2D eigenvalue weighted by Gasteiger charge is 1.79. The Bertz CT molecular complexity index is 569. The molecule has 0 amide bonds. The van der Waals surface area contributed by atoms with Crippen LogP contribution in [0.25, 0.3) is 0 Å². The molecule has 3 rings (SSSR count). The van der Waals surface area contributed by atoms with E-state index in [4.69, 9.17) is 25.5 Å². The number of aromatic hydroxyl groups is 3. The molecule has 5 N–H and O–H groups in total. The predicted octanol–water partition coefficient (Wildman–Crippen LogP) is 3.16. The van der Waals surface area contributed by atoms with Crippen molar-refractivity contribution in [2.75, 3.05) is 26.4 Å². The van der Waals surface area contributed by atoms with Gasteiger partial charge in [0.1, 0.15) is 17.2 Å². The molecule has 28 heavy (non-hydrogen) atoms. The van der Waals surface area contributed by atoms with E-state index in [1.165, 1.54) is 0 Å². The SMILES string of the molecule is OCCOCCO.Oc1ccccc1.Oc1ccccc1.Oc1ccccc1. The summed E-state index contributed by atoms with van der Waals surface area (Å²) in [6, 6.07) is 26.1. The van der Waals surface area contributed by atoms with Gasteiger partial charge < -0.3 is 30.3 Å². The summed E-state index contributed by atoms with van der Waals surface area (Å²) in [4.78, 5) is 0. The zero-order valence-electron chi connectivity index (χ0n) is 15.6. The second-order valence-corrected chi connectivity index (χ2v) is 5.07. The van der Waals surface area contributed by atoms with Crippen molar-refractivity contribution >= 4 is 0 Å². The molecule has 3 aromatic rings. The fourth-order valence-electron chi connectivity index (χ4n) is 1.52. The van der Waals surface area contributed by atoms with Gasteiger partial charge in [-0.15, -0.1) is 0 Å². The minimum Gasteiger partial charge on any atom is -0.508 e. The molecule has 0 aliphatic heterocycles. The van der Waals surface area contributed by atoms with Gasteiger partial charge in [-0.05, 0) is 36.4 Å². The third-order valence-electron chi connectivity index (χ3n) is 2.74. The molecule has 0 unspecified atom stereocenters. The molecule has 0 heterocycles. The number of aliphatic hydroxyl groups excluding tert-OH is 2. The molecule has 6 nitrogen and oxygen atoms in total. The van der Waals surface area contributed by atoms with Crippen LogP contribution in [0.2, 0.25) is 0 Å². The third-order valence-corrected chi connectivity index (χ3v) is 2.74. The summed E-state index contributed by atoms with van der Waals surface area (Å²) in [7, 11) is 0. The van der Waals surface area contributed by atoms with Gasteiger partial charge in [-0.1, -0.05) is 54.6 Å². The monoisotopic (exact) mass is 388 g/mol. The normalized spacial score (nSPS) is 8.79. The Balaban J connectivity index is 0.000000347. The smallest absolute Gasteiger partial charge is 0.115 e. The van der Waals surface area contributed by atoms with Crippen LogP contribution >= 0.6 is 0 Å². The van der Waals surface area contributed by atoms with Crippen molar-refractivity contribution in [3.8, 4) is 17.2 Å². The fraction of sp³-hybridized carbons (Fsp3) is 0.182. The largest absolute Gasteiger partial charge is 0.508 e. The van der Waals surface area contributed by atoms with Gasteiger partial charge >= 0.3 is 0 Å². The van der Waals surface area contributed by atoms with Crippen molar-refractivity contribution in [1.29, 1.82) is 0 Å². The lowest BCUT2D eigenvalue weighted by atomic mass is 10.3. The van der Waals surface area contributed by atoms with Gasteiger partial charge in [0.25, 0.3) is 0 Å². The highest BCUT2D eigenvalue weighted by atomic mass is 16.5. The molecule has 0 bridgehead atoms. The van der Waals surface area contributed by atoms with Gasteiger partial charge in [0.05, 0.1) is 26.4 Å². The minimum atomic E-state index is 0.0278. The second-order valence-electron chi connectivity index (χ2n) is 5.07. The first-order chi connectivity index (χ1) is 13.6. The van der Waals surface area contributed by atoms with E-state index in [1.807, 2.05) is 18.2 Å². The van der Waals surface area contributed by atoms with Crippen molar-refractivity contribution in [2.24, 2.45) is 0 Å². The molecule has 0 atom stereocenters. The number of hydrogen-bond donors (Lipinski definition) is 5. The number of benzene rings is 3. The Morgan fingerprint density at radius 3 is 0.857 bits per heavy atom. The zero-order valence-corrected chi connectivity index (χ0v) is 15.6. The van der Waals surface area contributed by atoms with Crippen LogP contribution in [0.5, 0.6) is 17.2 Å². The van der Waals surface area contributed by atoms with E-state index < -0.39 is 0 Å². The number of ether oxygens (including phenoxy) is 1. The maximum atomic E-state index is 8.63. The molecule has 0 saturated carbocycles. The number of phenolic OH excluding ortho intramolecular Hbond substituents is 3. The van der Waals surface area contributed by atoms with Crippen LogP contribution in [0.15, 0.2) is 91.0 Å². The molecule has 0 aliphatic carbocycles. The van der Waals surface area contributed by atoms with Crippen LogP contribution < -0.4 is 0 Å². The van der Waals surface area contributed by atoms with Crippen LogP contribution in [-0.4, -0.2) is 52.0 Å². The minimum absolute atomic E-state index is 0.0278. The Labute approximate surface area is 165 Å². The quantitative estimate of drug-likeness (QED) is 0.439. The summed E-state index contributed by atoms with van der Waals surface area (Å²) >= 11 is 0. The number of aliphatic hydroxyl groups is 2. The number of rotatable bonds is 4. The highest BCUT2D eigenvalue weighted by Crippen LogP contribution is 2.04. The van der Waals surface area contributed by atoms with Gasteiger partial charge in [-0.2, -0.15) is 0 Å². The molecule has 0 radical (unpaired) electrons. The highest BCUT2D eigenvalue weighted by molar-refractivity contribution is 5.19. The summed E-state index contributed by atoms with van der Waals surface area (Å²) < 4.78 is 4.63. The van der Waals surface area contributed by atoms with Crippen molar-refractivity contribution in [3.05, 3.63) is 91.0 Å². The molecule has 0 saturated heterocycles. The molecule has 3 aromatic carbocycles. The standard InChI is InChI=1S/3C6H6O.C4H10O3/c3*7-6-4-2-1-3-5-6;5-1-3-7-4-2-6/h3*1-5,7H;5-6H,1-4H2. The molecular weight excluding hydrogens is 360 g/mol. The van der Waals surface area contributed by atoms with Gasteiger partial charge in [-0.3, -0.25) is 0 Å². The van der Waals surface area contributed by atoms with Crippen molar-refractivity contribution in [2.45, 2.75) is 0 Å². The molecule has 0 fully saturated rings. The predicted molar refractivity (Wildman–Crippen MR) is 109 cm³/mol. The van der Waals surface area contributed by atoms with Crippen LogP contribution in [0, 0.1) is 0 Å². The number of phenols is 3. The van der Waals surface area contributed by atoms with Crippen LogP contribution in [0.1, 0.15) is 0 Å². The van der Waals surface area contributed by atoms with E-state index in [9.17, 15) is 0 Å². The van der Waals surface area contributed by atoms with Crippen LogP contribution in [0.3, 0.4) is 0 Å². The van der Waals surface area contributed by atoms with Gasteiger partial charge in [0.2, 0.25) is 0 Å². The van der Waals surface area contributed by atoms with E-state index in [0.717, 1.165) is 0 Å². The summed E-state index contributed by atoms with van der Waals surface area (Å²) in [6.07, 6.45) is 0. The van der Waals surface area contributed by atoms with E-state index in [2.05, 4.69) is 4.74 Å². The first-order valence-electron chi connectivity index (χ1n) is 8.61. The second kappa shape index (κ2) is 18.7. The van der Waals surface area contributed by atoms with E-state index >= 15 is 0 Å². The fourth-order valence-corrected chi connectivity index (χ4v) is 1.52. The molecule has 0 aliphatic rings. The lowest BCUT2D eigenvalue weighted by Gasteiger charge is -1.94. The van der Waals surface area contributed by atoms with Crippen LogP contribution in [-0.2, 0) is 4.74 Å². The van der Waals surface area contributed by atoms with Gasteiger partial charge in [0.15, 0.2) is 0 Å². The van der Waals surface area contributed by atoms with E-state index in [0.29, 0.717) is 30.5 Å². The van der Waals surface area contributed by atoms with Crippen molar-refractivity contribution in [1.82, 2.24) is 0 Å². The zero-order chi connectivity index (χ0) is 20.9. The maximum absolute atomic E-state index is 8.63. The lowest BCUT2D eigenvalue weighted by Crippen LogP contribution is -2.03. The lowest BCUT2D eigenvalue weighted by molar-refractivity contribution is 0.0650. The molecular formula is C22H28O6. The summed E-state index contributed by atoms with van der Waals surface area (Å²) in [5.74, 6) is 0.965.